The maximum absolute atomic E-state index is 11.8. The van der Waals surface area contributed by atoms with E-state index in [9.17, 15) is 14.9 Å². The number of hydrogen-bond acceptors (Lipinski definition) is 3. The van der Waals surface area contributed by atoms with Crippen molar-refractivity contribution in [3.8, 4) is 0 Å². The molecular weight excluding hydrogens is 256 g/mol. The Hall–Kier alpha value is -1.62. The van der Waals surface area contributed by atoms with Crippen molar-refractivity contribution < 1.29 is 9.72 Å². The van der Waals surface area contributed by atoms with E-state index >= 15 is 0 Å². The number of hydrogen-bond donors (Lipinski definition) is 1. The molecule has 0 aromatic heterocycles. The molecule has 0 aliphatic carbocycles. The van der Waals surface area contributed by atoms with Crippen LogP contribution in [-0.2, 0) is 0 Å². The summed E-state index contributed by atoms with van der Waals surface area (Å²) in [6.07, 6.45) is 1.86. The van der Waals surface area contributed by atoms with E-state index in [-0.39, 0.29) is 22.7 Å². The summed E-state index contributed by atoms with van der Waals surface area (Å²) in [5.74, 6) is -0.271. The Morgan fingerprint density at radius 1 is 1.56 bits per heavy atom. The van der Waals surface area contributed by atoms with Crippen LogP contribution in [0.5, 0.6) is 0 Å². The lowest BCUT2D eigenvalue weighted by Crippen LogP contribution is -2.32. The lowest BCUT2D eigenvalue weighted by atomic mass is 10.1. The molecule has 0 heterocycles. The van der Waals surface area contributed by atoms with E-state index in [4.69, 9.17) is 11.6 Å². The topological polar surface area (TPSA) is 72.2 Å². The molecule has 1 unspecified atom stereocenters. The van der Waals surface area contributed by atoms with Crippen molar-refractivity contribution in [3.05, 3.63) is 38.9 Å². The number of amides is 1. The number of rotatable bonds is 5. The van der Waals surface area contributed by atoms with Crippen molar-refractivity contribution in [1.29, 1.82) is 0 Å². The van der Waals surface area contributed by atoms with Gasteiger partial charge in [-0.25, -0.2) is 0 Å². The predicted molar refractivity (Wildman–Crippen MR) is 69.9 cm³/mol. The molecule has 0 saturated heterocycles. The first-order valence-electron chi connectivity index (χ1n) is 5.70. The van der Waals surface area contributed by atoms with Gasteiger partial charge in [0.2, 0.25) is 0 Å². The predicted octanol–water partition coefficient (Wildman–Crippen LogP) is 3.17. The third-order valence-corrected chi connectivity index (χ3v) is 2.81. The number of nitrogens with zero attached hydrogens (tertiary/aromatic N) is 1. The molecule has 0 spiro atoms. The first kappa shape index (κ1) is 14.4. The number of carbonyl (C=O) groups is 1. The number of nitro groups is 1. The second-order valence-corrected chi connectivity index (χ2v) is 4.49. The van der Waals surface area contributed by atoms with Gasteiger partial charge < -0.3 is 5.32 Å². The fourth-order valence-corrected chi connectivity index (χ4v) is 1.86. The molecular formula is C12H15ClN2O3. The van der Waals surface area contributed by atoms with Crippen molar-refractivity contribution in [2.24, 2.45) is 0 Å². The molecule has 0 fully saturated rings. The number of carbonyl (C=O) groups excluding carboxylic acids is 1. The normalized spacial score (nSPS) is 11.9. The molecule has 1 atom stereocenters. The van der Waals surface area contributed by atoms with Gasteiger partial charge in [0.15, 0.2) is 0 Å². The monoisotopic (exact) mass is 270 g/mol. The third kappa shape index (κ3) is 3.70. The van der Waals surface area contributed by atoms with E-state index in [1.807, 2.05) is 13.8 Å². The van der Waals surface area contributed by atoms with Crippen LogP contribution in [0.25, 0.3) is 0 Å². The van der Waals surface area contributed by atoms with Crippen LogP contribution >= 0.6 is 11.6 Å². The molecule has 1 aromatic rings. The Labute approximate surface area is 110 Å². The average molecular weight is 271 g/mol. The van der Waals surface area contributed by atoms with Gasteiger partial charge >= 0.3 is 0 Å². The van der Waals surface area contributed by atoms with Gasteiger partial charge in [-0.2, -0.15) is 0 Å². The minimum Gasteiger partial charge on any atom is -0.350 e. The minimum absolute atomic E-state index is 0.0317. The summed E-state index contributed by atoms with van der Waals surface area (Å²) in [6.45, 7) is 3.94. The van der Waals surface area contributed by atoms with E-state index in [0.717, 1.165) is 12.8 Å². The van der Waals surface area contributed by atoms with Crippen LogP contribution in [0.1, 0.15) is 37.0 Å². The number of halogens is 1. The second-order valence-electron chi connectivity index (χ2n) is 4.09. The van der Waals surface area contributed by atoms with Crippen LogP contribution in [0.4, 0.5) is 5.69 Å². The highest BCUT2D eigenvalue weighted by molar-refractivity contribution is 6.33. The number of benzene rings is 1. The molecule has 1 aromatic carbocycles. The standard InChI is InChI=1S/C12H15ClN2O3/c1-3-4-8(2)14-12(16)9-5-6-11(15(17)18)10(13)7-9/h5-8H,3-4H2,1-2H3,(H,14,16). The molecule has 1 N–H and O–H groups in total. The largest absolute Gasteiger partial charge is 0.350 e. The van der Waals surface area contributed by atoms with Crippen LogP contribution < -0.4 is 5.32 Å². The van der Waals surface area contributed by atoms with E-state index in [2.05, 4.69) is 5.32 Å². The fraction of sp³-hybridized carbons (Fsp3) is 0.417. The van der Waals surface area contributed by atoms with Crippen molar-refractivity contribution >= 4 is 23.2 Å². The summed E-state index contributed by atoms with van der Waals surface area (Å²) in [5, 5.41) is 13.4. The van der Waals surface area contributed by atoms with Crippen LogP contribution in [0.3, 0.4) is 0 Å². The van der Waals surface area contributed by atoms with Crippen molar-refractivity contribution in [3.63, 3.8) is 0 Å². The highest BCUT2D eigenvalue weighted by Gasteiger charge is 2.16. The second kappa shape index (κ2) is 6.35. The Balaban J connectivity index is 2.81. The SMILES string of the molecule is CCCC(C)NC(=O)c1ccc([N+](=O)[O-])c(Cl)c1. The van der Waals surface area contributed by atoms with E-state index in [1.54, 1.807) is 0 Å². The van der Waals surface area contributed by atoms with Crippen molar-refractivity contribution in [1.82, 2.24) is 5.32 Å². The summed E-state index contributed by atoms with van der Waals surface area (Å²) in [5.41, 5.74) is 0.128. The Morgan fingerprint density at radius 2 is 2.22 bits per heavy atom. The molecule has 98 valence electrons. The summed E-state index contributed by atoms with van der Waals surface area (Å²) >= 11 is 5.74. The summed E-state index contributed by atoms with van der Waals surface area (Å²) in [6, 6.07) is 4.02. The molecule has 0 saturated carbocycles. The molecule has 0 radical (unpaired) electrons. The number of nitro benzene ring substituents is 1. The molecule has 1 amide bonds. The maximum Gasteiger partial charge on any atom is 0.287 e. The lowest BCUT2D eigenvalue weighted by molar-refractivity contribution is -0.384. The molecule has 6 heteroatoms. The van der Waals surface area contributed by atoms with E-state index in [0.29, 0.717) is 5.56 Å². The van der Waals surface area contributed by atoms with Crippen LogP contribution in [-0.4, -0.2) is 16.9 Å². The summed E-state index contributed by atoms with van der Waals surface area (Å²) < 4.78 is 0. The van der Waals surface area contributed by atoms with Crippen LogP contribution in [0, 0.1) is 10.1 Å². The first-order chi connectivity index (χ1) is 8.45. The van der Waals surface area contributed by atoms with Crippen LogP contribution in [0.15, 0.2) is 18.2 Å². The quantitative estimate of drug-likeness (QED) is 0.660. The molecule has 18 heavy (non-hydrogen) atoms. The average Bonchev–Trinajstić information content (AvgIpc) is 2.28. The summed E-state index contributed by atoms with van der Waals surface area (Å²) in [7, 11) is 0. The van der Waals surface area contributed by atoms with Gasteiger partial charge in [0, 0.05) is 17.7 Å². The zero-order valence-corrected chi connectivity index (χ0v) is 11.0. The van der Waals surface area contributed by atoms with E-state index in [1.165, 1.54) is 18.2 Å². The van der Waals surface area contributed by atoms with Crippen LogP contribution in [0.2, 0.25) is 5.02 Å². The molecule has 0 aliphatic heterocycles. The highest BCUT2D eigenvalue weighted by atomic mass is 35.5. The Kier molecular flexibility index (Phi) is 5.09. The van der Waals surface area contributed by atoms with Gasteiger partial charge in [0.25, 0.3) is 11.6 Å². The third-order valence-electron chi connectivity index (χ3n) is 2.51. The number of nitrogens with one attached hydrogen (secondary N) is 1. The Bertz CT molecular complexity index is 463. The smallest absolute Gasteiger partial charge is 0.287 e. The highest BCUT2D eigenvalue weighted by Crippen LogP contribution is 2.24. The van der Waals surface area contributed by atoms with Gasteiger partial charge in [-0.15, -0.1) is 0 Å². The molecule has 1 rings (SSSR count). The first-order valence-corrected chi connectivity index (χ1v) is 6.08. The fourth-order valence-electron chi connectivity index (χ4n) is 1.61. The molecule has 0 aliphatic rings. The van der Waals surface area contributed by atoms with Gasteiger partial charge in [0.05, 0.1) is 4.92 Å². The van der Waals surface area contributed by atoms with E-state index < -0.39 is 4.92 Å². The van der Waals surface area contributed by atoms with Gasteiger partial charge in [-0.3, -0.25) is 14.9 Å². The van der Waals surface area contributed by atoms with Gasteiger partial charge in [-0.1, -0.05) is 24.9 Å². The molecule has 5 nitrogen and oxygen atoms in total. The Morgan fingerprint density at radius 3 is 2.72 bits per heavy atom. The van der Waals surface area contributed by atoms with Crippen molar-refractivity contribution in [2.75, 3.05) is 0 Å². The van der Waals surface area contributed by atoms with Gasteiger partial charge in [0.1, 0.15) is 5.02 Å². The minimum atomic E-state index is -0.580. The zero-order chi connectivity index (χ0) is 13.7. The lowest BCUT2D eigenvalue weighted by Gasteiger charge is -2.12. The van der Waals surface area contributed by atoms with Crippen molar-refractivity contribution in [2.45, 2.75) is 32.7 Å². The zero-order valence-electron chi connectivity index (χ0n) is 10.3. The summed E-state index contributed by atoms with van der Waals surface area (Å²) in [4.78, 5) is 21.8. The van der Waals surface area contributed by atoms with Gasteiger partial charge in [-0.05, 0) is 25.5 Å². The molecule has 0 bridgehead atoms. The maximum atomic E-state index is 11.8.